The molecule has 1 aliphatic carbocycles. The van der Waals surface area contributed by atoms with Crippen LogP contribution < -0.4 is 10.1 Å². The van der Waals surface area contributed by atoms with Gasteiger partial charge >= 0.3 is 5.97 Å². The molecule has 108 valence electrons. The lowest BCUT2D eigenvalue weighted by Crippen LogP contribution is -2.50. The lowest BCUT2D eigenvalue weighted by molar-refractivity contribution is -0.146. The molecule has 0 aromatic heterocycles. The number of benzene rings is 1. The predicted molar refractivity (Wildman–Crippen MR) is 73.6 cm³/mol. The van der Waals surface area contributed by atoms with Crippen LogP contribution in [0.1, 0.15) is 25.3 Å². The summed E-state index contributed by atoms with van der Waals surface area (Å²) in [6.45, 7) is 3.64. The minimum absolute atomic E-state index is 0.0489. The van der Waals surface area contributed by atoms with Crippen molar-refractivity contribution >= 4 is 11.9 Å². The van der Waals surface area contributed by atoms with E-state index in [2.05, 4.69) is 5.32 Å². The summed E-state index contributed by atoms with van der Waals surface area (Å²) in [5.74, 6) is -0.669. The maximum absolute atomic E-state index is 11.9. The summed E-state index contributed by atoms with van der Waals surface area (Å²) in [5, 5.41) is 11.6. The van der Waals surface area contributed by atoms with E-state index in [1.54, 1.807) is 13.0 Å². The zero-order valence-corrected chi connectivity index (χ0v) is 11.6. The SMILES string of the molecule is Cc1cccc(OC(C)C(=O)NC2CC(C(=O)O)C2)c1. The number of carboxylic acid groups (broad SMARTS) is 1. The van der Waals surface area contributed by atoms with Gasteiger partial charge in [0.25, 0.3) is 5.91 Å². The summed E-state index contributed by atoms with van der Waals surface area (Å²) in [7, 11) is 0. The predicted octanol–water partition coefficient (Wildman–Crippen LogP) is 1.74. The molecule has 1 atom stereocenters. The molecule has 1 aliphatic rings. The average molecular weight is 277 g/mol. The Labute approximate surface area is 117 Å². The number of nitrogens with one attached hydrogen (secondary N) is 1. The molecule has 2 rings (SSSR count). The summed E-state index contributed by atoms with van der Waals surface area (Å²) in [6, 6.07) is 7.46. The van der Waals surface area contributed by atoms with Crippen molar-refractivity contribution in [3.63, 3.8) is 0 Å². The fourth-order valence-corrected chi connectivity index (χ4v) is 2.20. The molecule has 1 unspecified atom stereocenters. The second-order valence-corrected chi connectivity index (χ2v) is 5.29. The topological polar surface area (TPSA) is 75.6 Å². The number of carboxylic acids is 1. The number of hydrogen-bond acceptors (Lipinski definition) is 3. The zero-order chi connectivity index (χ0) is 14.7. The lowest BCUT2D eigenvalue weighted by atomic mass is 9.80. The molecule has 0 radical (unpaired) electrons. The normalized spacial score (nSPS) is 22.5. The Kier molecular flexibility index (Phi) is 4.27. The molecule has 2 N–H and O–H groups in total. The third kappa shape index (κ3) is 3.50. The van der Waals surface area contributed by atoms with Crippen molar-refractivity contribution in [2.24, 2.45) is 5.92 Å². The molecule has 0 aliphatic heterocycles. The molecule has 1 aromatic rings. The first-order valence-electron chi connectivity index (χ1n) is 6.72. The van der Waals surface area contributed by atoms with Gasteiger partial charge in [-0.15, -0.1) is 0 Å². The Balaban J connectivity index is 1.80. The molecule has 20 heavy (non-hydrogen) atoms. The first-order chi connectivity index (χ1) is 9.45. The number of aryl methyl sites for hydroxylation is 1. The molecule has 0 saturated heterocycles. The Hall–Kier alpha value is -2.04. The van der Waals surface area contributed by atoms with E-state index in [0.717, 1.165) is 5.56 Å². The summed E-state index contributed by atoms with van der Waals surface area (Å²) in [4.78, 5) is 22.6. The van der Waals surface area contributed by atoms with Gasteiger partial charge in [0.05, 0.1) is 5.92 Å². The van der Waals surface area contributed by atoms with E-state index in [0.29, 0.717) is 18.6 Å². The molecule has 0 heterocycles. The Morgan fingerprint density at radius 3 is 2.70 bits per heavy atom. The fourth-order valence-electron chi connectivity index (χ4n) is 2.20. The highest BCUT2D eigenvalue weighted by Gasteiger charge is 2.36. The van der Waals surface area contributed by atoms with Crippen molar-refractivity contribution in [3.8, 4) is 5.75 Å². The monoisotopic (exact) mass is 277 g/mol. The molecule has 1 amide bonds. The number of carbonyl (C=O) groups excluding carboxylic acids is 1. The molecular formula is C15H19NO4. The van der Waals surface area contributed by atoms with Gasteiger partial charge < -0.3 is 15.2 Å². The van der Waals surface area contributed by atoms with Gasteiger partial charge in [-0.25, -0.2) is 0 Å². The minimum Gasteiger partial charge on any atom is -0.481 e. The van der Waals surface area contributed by atoms with E-state index in [4.69, 9.17) is 9.84 Å². The average Bonchev–Trinajstić information content (AvgIpc) is 2.32. The highest BCUT2D eigenvalue weighted by molar-refractivity contribution is 5.81. The Morgan fingerprint density at radius 2 is 2.10 bits per heavy atom. The molecule has 5 nitrogen and oxygen atoms in total. The third-order valence-corrected chi connectivity index (χ3v) is 3.51. The Bertz CT molecular complexity index is 508. The fraction of sp³-hybridized carbons (Fsp3) is 0.467. The van der Waals surface area contributed by atoms with E-state index in [1.807, 2.05) is 25.1 Å². The number of rotatable bonds is 5. The maximum atomic E-state index is 11.9. The van der Waals surface area contributed by atoms with Crippen LogP contribution in [0.25, 0.3) is 0 Å². The van der Waals surface area contributed by atoms with Crippen LogP contribution in [0.5, 0.6) is 5.75 Å². The van der Waals surface area contributed by atoms with Crippen molar-refractivity contribution < 1.29 is 19.4 Å². The number of ether oxygens (including phenoxy) is 1. The van der Waals surface area contributed by atoms with Crippen LogP contribution in [0, 0.1) is 12.8 Å². The van der Waals surface area contributed by atoms with Crippen LogP contribution >= 0.6 is 0 Å². The van der Waals surface area contributed by atoms with Crippen LogP contribution in [0.15, 0.2) is 24.3 Å². The van der Waals surface area contributed by atoms with E-state index in [-0.39, 0.29) is 17.9 Å². The second-order valence-electron chi connectivity index (χ2n) is 5.29. The minimum atomic E-state index is -0.792. The highest BCUT2D eigenvalue weighted by Crippen LogP contribution is 2.27. The first kappa shape index (κ1) is 14.4. The second kappa shape index (κ2) is 5.94. The number of aliphatic carboxylic acids is 1. The van der Waals surface area contributed by atoms with Crippen molar-refractivity contribution in [1.29, 1.82) is 0 Å². The van der Waals surface area contributed by atoms with Gasteiger partial charge in [0.15, 0.2) is 6.10 Å². The maximum Gasteiger partial charge on any atom is 0.306 e. The van der Waals surface area contributed by atoms with Gasteiger partial charge in [-0.1, -0.05) is 12.1 Å². The van der Waals surface area contributed by atoms with E-state index < -0.39 is 12.1 Å². The third-order valence-electron chi connectivity index (χ3n) is 3.51. The van der Waals surface area contributed by atoms with Gasteiger partial charge in [-0.2, -0.15) is 0 Å². The molecule has 0 bridgehead atoms. The van der Waals surface area contributed by atoms with Gasteiger partial charge in [0.2, 0.25) is 0 Å². The molecular weight excluding hydrogens is 258 g/mol. The van der Waals surface area contributed by atoms with E-state index in [9.17, 15) is 9.59 Å². The highest BCUT2D eigenvalue weighted by atomic mass is 16.5. The molecule has 1 fully saturated rings. The number of carbonyl (C=O) groups is 2. The van der Waals surface area contributed by atoms with Crippen LogP contribution in [-0.4, -0.2) is 29.1 Å². The van der Waals surface area contributed by atoms with Gasteiger partial charge in [-0.05, 0) is 44.4 Å². The quantitative estimate of drug-likeness (QED) is 0.859. The molecule has 0 spiro atoms. The first-order valence-corrected chi connectivity index (χ1v) is 6.72. The molecule has 1 aromatic carbocycles. The van der Waals surface area contributed by atoms with Crippen molar-refractivity contribution in [2.45, 2.75) is 38.8 Å². The summed E-state index contributed by atoms with van der Waals surface area (Å²) in [5.41, 5.74) is 1.07. The van der Waals surface area contributed by atoms with Gasteiger partial charge in [0, 0.05) is 6.04 Å². The summed E-state index contributed by atoms with van der Waals surface area (Å²) in [6.07, 6.45) is 0.400. The lowest BCUT2D eigenvalue weighted by Gasteiger charge is -2.33. The van der Waals surface area contributed by atoms with Crippen LogP contribution in [0.4, 0.5) is 0 Å². The van der Waals surface area contributed by atoms with Gasteiger partial charge in [0.1, 0.15) is 5.75 Å². The van der Waals surface area contributed by atoms with Crippen LogP contribution in [-0.2, 0) is 9.59 Å². The zero-order valence-electron chi connectivity index (χ0n) is 11.6. The number of hydrogen-bond donors (Lipinski definition) is 2. The largest absolute Gasteiger partial charge is 0.481 e. The van der Waals surface area contributed by atoms with Crippen molar-refractivity contribution in [3.05, 3.63) is 29.8 Å². The van der Waals surface area contributed by atoms with Crippen molar-refractivity contribution in [2.75, 3.05) is 0 Å². The van der Waals surface area contributed by atoms with Crippen molar-refractivity contribution in [1.82, 2.24) is 5.32 Å². The van der Waals surface area contributed by atoms with Gasteiger partial charge in [-0.3, -0.25) is 9.59 Å². The van der Waals surface area contributed by atoms with Crippen LogP contribution in [0.3, 0.4) is 0 Å². The van der Waals surface area contributed by atoms with E-state index >= 15 is 0 Å². The smallest absolute Gasteiger partial charge is 0.306 e. The standard InChI is InChI=1S/C15H19NO4/c1-9-4-3-5-13(6-9)20-10(2)14(17)16-12-7-11(8-12)15(18)19/h3-6,10-12H,7-8H2,1-2H3,(H,16,17)(H,18,19). The summed E-state index contributed by atoms with van der Waals surface area (Å²) >= 11 is 0. The molecule has 1 saturated carbocycles. The van der Waals surface area contributed by atoms with Crippen LogP contribution in [0.2, 0.25) is 0 Å². The van der Waals surface area contributed by atoms with E-state index in [1.165, 1.54) is 0 Å². The molecule has 5 heteroatoms. The Morgan fingerprint density at radius 1 is 1.40 bits per heavy atom. The number of amides is 1. The summed E-state index contributed by atoms with van der Waals surface area (Å²) < 4.78 is 5.57.